The highest BCUT2D eigenvalue weighted by molar-refractivity contribution is 6.04. The van der Waals surface area contributed by atoms with Crippen LogP contribution in [0.15, 0.2) is 42.5 Å². The van der Waals surface area contributed by atoms with Crippen LogP contribution in [-0.4, -0.2) is 22.5 Å². The molecule has 5 nitrogen and oxygen atoms in total. The number of H-pyrrole nitrogens is 2. The molecule has 2 aromatic carbocycles. The summed E-state index contributed by atoms with van der Waals surface area (Å²) in [6.07, 6.45) is 0.968. The summed E-state index contributed by atoms with van der Waals surface area (Å²) >= 11 is 0. The SMILES string of the molecule is Cc1ccc2[nH]c(C3[NH2+]CCc4c3[nH]c3ccccc43)c(C(=O)[O-])c2c1. The number of aryl methyl sites for hydroxylation is 1. The van der Waals surface area contributed by atoms with Crippen LogP contribution in [0.5, 0.6) is 0 Å². The zero-order valence-electron chi connectivity index (χ0n) is 14.4. The van der Waals surface area contributed by atoms with Crippen molar-refractivity contribution >= 4 is 27.8 Å². The second kappa shape index (κ2) is 5.47. The highest BCUT2D eigenvalue weighted by Crippen LogP contribution is 2.34. The number of carboxylic acid groups (broad SMARTS) is 1. The van der Waals surface area contributed by atoms with Crippen molar-refractivity contribution in [2.24, 2.45) is 0 Å². The van der Waals surface area contributed by atoms with Crippen molar-refractivity contribution < 1.29 is 15.2 Å². The van der Waals surface area contributed by atoms with E-state index >= 15 is 0 Å². The van der Waals surface area contributed by atoms with Gasteiger partial charge < -0.3 is 25.2 Å². The molecule has 1 atom stereocenters. The topological polar surface area (TPSA) is 88.3 Å². The Morgan fingerprint density at radius 3 is 2.69 bits per heavy atom. The lowest BCUT2D eigenvalue weighted by molar-refractivity contribution is -0.691. The van der Waals surface area contributed by atoms with E-state index in [-0.39, 0.29) is 11.6 Å². The molecule has 5 heteroatoms. The number of nitrogens with two attached hydrogens (primary N) is 1. The van der Waals surface area contributed by atoms with Crippen molar-refractivity contribution in [1.29, 1.82) is 0 Å². The third kappa shape index (κ3) is 2.10. The first-order valence-corrected chi connectivity index (χ1v) is 8.90. The van der Waals surface area contributed by atoms with E-state index in [1.165, 1.54) is 10.9 Å². The maximum atomic E-state index is 12.0. The number of aromatic nitrogens is 2. The lowest BCUT2D eigenvalue weighted by Gasteiger charge is -2.22. The molecule has 5 rings (SSSR count). The number of quaternary nitrogens is 1. The van der Waals surface area contributed by atoms with E-state index in [0.717, 1.165) is 40.6 Å². The predicted molar refractivity (Wildman–Crippen MR) is 98.0 cm³/mol. The number of rotatable bonds is 2. The van der Waals surface area contributed by atoms with E-state index in [1.54, 1.807) is 0 Å². The summed E-state index contributed by atoms with van der Waals surface area (Å²) in [7, 11) is 0. The number of hydrogen-bond acceptors (Lipinski definition) is 2. The first kappa shape index (κ1) is 15.2. The summed E-state index contributed by atoms with van der Waals surface area (Å²) in [6, 6.07) is 14.0. The molecule has 1 aliphatic heterocycles. The van der Waals surface area contributed by atoms with Gasteiger partial charge in [0.1, 0.15) is 0 Å². The maximum absolute atomic E-state index is 12.0. The lowest BCUT2D eigenvalue weighted by atomic mass is 9.95. The average molecular weight is 345 g/mol. The van der Waals surface area contributed by atoms with Crippen molar-refractivity contribution in [3.63, 3.8) is 0 Å². The molecule has 0 spiro atoms. The third-order valence-electron chi connectivity index (χ3n) is 5.45. The van der Waals surface area contributed by atoms with Gasteiger partial charge >= 0.3 is 0 Å². The monoisotopic (exact) mass is 345 g/mol. The maximum Gasteiger partial charge on any atom is 0.168 e. The molecule has 3 heterocycles. The van der Waals surface area contributed by atoms with Gasteiger partial charge in [-0.3, -0.25) is 0 Å². The summed E-state index contributed by atoms with van der Waals surface area (Å²) in [4.78, 5) is 18.9. The van der Waals surface area contributed by atoms with Gasteiger partial charge in [-0.25, -0.2) is 0 Å². The number of carbonyl (C=O) groups is 1. The molecule has 0 radical (unpaired) electrons. The minimum absolute atomic E-state index is 0.105. The Hall–Kier alpha value is -3.05. The van der Waals surface area contributed by atoms with Crippen LogP contribution in [0.25, 0.3) is 21.8 Å². The molecule has 0 bridgehead atoms. The quantitative estimate of drug-likeness (QED) is 0.514. The predicted octanol–water partition coefficient (Wildman–Crippen LogP) is 1.53. The number of nitrogens with one attached hydrogen (secondary N) is 2. The van der Waals surface area contributed by atoms with Crippen LogP contribution < -0.4 is 10.4 Å². The van der Waals surface area contributed by atoms with Crippen LogP contribution in [-0.2, 0) is 6.42 Å². The largest absolute Gasteiger partial charge is 0.545 e. The van der Waals surface area contributed by atoms with E-state index in [0.29, 0.717) is 5.69 Å². The van der Waals surface area contributed by atoms with Crippen LogP contribution in [0, 0.1) is 6.92 Å². The molecule has 0 saturated heterocycles. The van der Waals surface area contributed by atoms with Crippen molar-refractivity contribution in [2.45, 2.75) is 19.4 Å². The molecular weight excluding hydrogens is 326 g/mol. The van der Waals surface area contributed by atoms with Crippen LogP contribution >= 0.6 is 0 Å². The normalized spacial score (nSPS) is 16.9. The van der Waals surface area contributed by atoms with Crippen LogP contribution in [0.2, 0.25) is 0 Å². The van der Waals surface area contributed by atoms with E-state index in [2.05, 4.69) is 27.4 Å². The van der Waals surface area contributed by atoms with Gasteiger partial charge in [0.15, 0.2) is 6.04 Å². The number of benzene rings is 2. The van der Waals surface area contributed by atoms with Crippen LogP contribution in [0.1, 0.15) is 38.9 Å². The minimum atomic E-state index is -1.13. The van der Waals surface area contributed by atoms with Gasteiger partial charge in [0, 0.05) is 33.8 Å². The van der Waals surface area contributed by atoms with E-state index in [4.69, 9.17) is 0 Å². The fourth-order valence-electron chi connectivity index (χ4n) is 4.31. The number of hydrogen-bond donors (Lipinski definition) is 3. The second-order valence-corrected chi connectivity index (χ2v) is 7.07. The number of fused-ring (bicyclic) bond motifs is 4. The van der Waals surface area contributed by atoms with E-state index < -0.39 is 5.97 Å². The summed E-state index contributed by atoms with van der Waals surface area (Å²) in [5.41, 5.74) is 6.32. The van der Waals surface area contributed by atoms with Gasteiger partial charge in [-0.1, -0.05) is 29.8 Å². The van der Waals surface area contributed by atoms with Crippen molar-refractivity contribution in [2.75, 3.05) is 6.54 Å². The molecule has 130 valence electrons. The number of aromatic carboxylic acids is 1. The molecule has 4 aromatic rings. The van der Waals surface area contributed by atoms with E-state index in [9.17, 15) is 9.90 Å². The first-order valence-electron chi connectivity index (χ1n) is 8.90. The molecule has 2 aromatic heterocycles. The van der Waals surface area contributed by atoms with Crippen LogP contribution in [0.3, 0.4) is 0 Å². The van der Waals surface area contributed by atoms with Gasteiger partial charge in [0.05, 0.1) is 23.9 Å². The van der Waals surface area contributed by atoms with E-state index in [1.807, 2.05) is 37.3 Å². The Morgan fingerprint density at radius 1 is 1.08 bits per heavy atom. The summed E-state index contributed by atoms with van der Waals surface area (Å²) in [5.74, 6) is -1.13. The molecule has 0 amide bonds. The minimum Gasteiger partial charge on any atom is -0.545 e. The number of carboxylic acids is 1. The Kier molecular flexibility index (Phi) is 3.21. The summed E-state index contributed by atoms with van der Waals surface area (Å²) in [5, 5.41) is 16.1. The van der Waals surface area contributed by atoms with Crippen molar-refractivity contribution in [3.8, 4) is 0 Å². The molecule has 26 heavy (non-hydrogen) atoms. The third-order valence-corrected chi connectivity index (χ3v) is 5.45. The highest BCUT2D eigenvalue weighted by atomic mass is 16.4. The van der Waals surface area contributed by atoms with Crippen molar-refractivity contribution in [1.82, 2.24) is 9.97 Å². The van der Waals surface area contributed by atoms with Gasteiger partial charge in [-0.15, -0.1) is 0 Å². The molecule has 0 saturated carbocycles. The lowest BCUT2D eigenvalue weighted by Crippen LogP contribution is -2.87. The molecule has 0 fully saturated rings. The Balaban J connectivity index is 1.77. The average Bonchev–Trinajstić information content (AvgIpc) is 3.19. The number of para-hydroxylation sites is 1. The van der Waals surface area contributed by atoms with Gasteiger partial charge in [0.2, 0.25) is 0 Å². The van der Waals surface area contributed by atoms with Gasteiger partial charge in [-0.05, 0) is 30.7 Å². The Bertz CT molecular complexity index is 1170. The van der Waals surface area contributed by atoms with Gasteiger partial charge in [-0.2, -0.15) is 0 Å². The van der Waals surface area contributed by atoms with Crippen LogP contribution in [0.4, 0.5) is 0 Å². The van der Waals surface area contributed by atoms with Crippen molar-refractivity contribution in [3.05, 3.63) is 70.5 Å². The zero-order valence-corrected chi connectivity index (χ0v) is 14.4. The standard InChI is InChI=1S/C21H19N3O2/c1-11-6-7-16-14(10-11)17(21(25)26)19(24-16)20-18-13(8-9-22-20)12-4-2-3-5-15(12)23-18/h2-7,10,20,22-24H,8-9H2,1H3,(H,25,26). The number of carbonyl (C=O) groups excluding carboxylic acids is 1. The molecule has 4 N–H and O–H groups in total. The molecule has 0 aliphatic carbocycles. The fourth-order valence-corrected chi connectivity index (χ4v) is 4.31. The second-order valence-electron chi connectivity index (χ2n) is 7.07. The smallest absolute Gasteiger partial charge is 0.168 e. The fraction of sp³-hybridized carbons (Fsp3) is 0.190. The number of aromatic amines is 2. The Labute approximate surface area is 150 Å². The van der Waals surface area contributed by atoms with Gasteiger partial charge in [0.25, 0.3) is 0 Å². The zero-order chi connectivity index (χ0) is 17.8. The molecular formula is C21H19N3O2. The molecule has 1 unspecified atom stereocenters. The first-order chi connectivity index (χ1) is 12.6. The summed E-state index contributed by atoms with van der Waals surface area (Å²) in [6.45, 7) is 2.88. The Morgan fingerprint density at radius 2 is 1.85 bits per heavy atom. The highest BCUT2D eigenvalue weighted by Gasteiger charge is 2.32. The molecule has 1 aliphatic rings. The summed E-state index contributed by atoms with van der Waals surface area (Å²) < 4.78 is 0.